The van der Waals surface area contributed by atoms with Gasteiger partial charge < -0.3 is 4.90 Å². The molecule has 0 spiro atoms. The molecule has 0 aliphatic carbocycles. The van der Waals surface area contributed by atoms with Crippen LogP contribution in [-0.4, -0.2) is 49.7 Å². The van der Waals surface area contributed by atoms with Gasteiger partial charge in [-0.15, -0.1) is 0 Å². The average Bonchev–Trinajstić information content (AvgIpc) is 2.63. The predicted octanol–water partition coefficient (Wildman–Crippen LogP) is 3.76. The summed E-state index contributed by atoms with van der Waals surface area (Å²) in [5, 5.41) is 0.217. The van der Waals surface area contributed by atoms with Gasteiger partial charge in [-0.3, -0.25) is 4.79 Å². The fourth-order valence-electron chi connectivity index (χ4n) is 3.18. The van der Waals surface area contributed by atoms with Crippen molar-refractivity contribution in [2.75, 3.05) is 26.2 Å². The summed E-state index contributed by atoms with van der Waals surface area (Å²) in [7, 11) is -3.76. The van der Waals surface area contributed by atoms with Crippen LogP contribution in [0.25, 0.3) is 0 Å². The van der Waals surface area contributed by atoms with E-state index in [2.05, 4.69) is 0 Å². The van der Waals surface area contributed by atoms with Crippen molar-refractivity contribution < 1.29 is 13.2 Å². The number of hydrogen-bond donors (Lipinski definition) is 0. The summed E-state index contributed by atoms with van der Waals surface area (Å²) in [6.45, 7) is 4.95. The highest BCUT2D eigenvalue weighted by Gasteiger charge is 2.32. The molecule has 2 aromatic rings. The van der Waals surface area contributed by atoms with E-state index in [0.717, 1.165) is 11.1 Å². The molecule has 0 saturated carbocycles. The van der Waals surface area contributed by atoms with Crippen LogP contribution >= 0.6 is 23.2 Å². The number of nitrogens with zero attached hydrogens (tertiary/aromatic N) is 2. The maximum absolute atomic E-state index is 12.9. The number of halogens is 2. The number of piperazine rings is 1. The number of amides is 1. The molecule has 3 rings (SSSR count). The van der Waals surface area contributed by atoms with Crippen LogP contribution in [0.15, 0.2) is 41.3 Å². The van der Waals surface area contributed by atoms with Gasteiger partial charge in [0.05, 0.1) is 10.0 Å². The maximum atomic E-state index is 12.9. The Bertz CT molecular complexity index is 984. The average molecular weight is 427 g/mol. The summed E-state index contributed by atoms with van der Waals surface area (Å²) in [5.41, 5.74) is 2.66. The molecule has 1 amide bonds. The van der Waals surface area contributed by atoms with Crippen LogP contribution in [0.2, 0.25) is 10.0 Å². The Hall–Kier alpha value is -1.60. The summed E-state index contributed by atoms with van der Waals surface area (Å²) in [4.78, 5) is 14.5. The van der Waals surface area contributed by atoms with Crippen molar-refractivity contribution in [1.82, 2.24) is 9.21 Å². The van der Waals surface area contributed by atoms with Gasteiger partial charge in [-0.05, 0) is 37.6 Å². The predicted molar refractivity (Wildman–Crippen MR) is 107 cm³/mol. The van der Waals surface area contributed by atoms with Crippen molar-refractivity contribution in [2.24, 2.45) is 0 Å². The summed E-state index contributed by atoms with van der Waals surface area (Å²) < 4.78 is 27.1. The Morgan fingerprint density at radius 1 is 1.00 bits per heavy atom. The Balaban J connectivity index is 1.75. The van der Waals surface area contributed by atoms with Crippen molar-refractivity contribution in [1.29, 1.82) is 0 Å². The van der Waals surface area contributed by atoms with E-state index in [9.17, 15) is 13.2 Å². The lowest BCUT2D eigenvalue weighted by atomic mass is 10.0. The van der Waals surface area contributed by atoms with Crippen molar-refractivity contribution >= 4 is 39.1 Å². The smallest absolute Gasteiger partial charge is 0.254 e. The van der Waals surface area contributed by atoms with E-state index in [1.165, 1.54) is 10.4 Å². The number of carbonyl (C=O) groups excluding carboxylic acids is 1. The molecule has 1 fully saturated rings. The third-order valence-electron chi connectivity index (χ3n) is 4.67. The van der Waals surface area contributed by atoms with Gasteiger partial charge in [0, 0.05) is 31.7 Å². The normalized spacial score (nSPS) is 15.8. The van der Waals surface area contributed by atoms with E-state index in [-0.39, 0.29) is 33.9 Å². The Morgan fingerprint density at radius 3 is 2.30 bits per heavy atom. The molecule has 1 saturated heterocycles. The molecule has 0 N–H and O–H groups in total. The molecule has 0 atom stereocenters. The highest BCUT2D eigenvalue weighted by molar-refractivity contribution is 7.89. The Morgan fingerprint density at radius 2 is 1.67 bits per heavy atom. The lowest BCUT2D eigenvalue weighted by Gasteiger charge is -2.34. The second kappa shape index (κ2) is 7.80. The van der Waals surface area contributed by atoms with Crippen LogP contribution in [-0.2, 0) is 10.0 Å². The summed E-state index contributed by atoms with van der Waals surface area (Å²) in [6.07, 6.45) is 0. The molecular weight excluding hydrogens is 407 g/mol. The highest BCUT2D eigenvalue weighted by Crippen LogP contribution is 2.31. The molecule has 5 nitrogen and oxygen atoms in total. The molecule has 27 heavy (non-hydrogen) atoms. The quantitative estimate of drug-likeness (QED) is 0.750. The summed E-state index contributed by atoms with van der Waals surface area (Å²) >= 11 is 12.0. The third kappa shape index (κ3) is 3.99. The maximum Gasteiger partial charge on any atom is 0.254 e. The van der Waals surface area contributed by atoms with Gasteiger partial charge in [0.1, 0.15) is 4.90 Å². The molecule has 1 heterocycles. The minimum Gasteiger partial charge on any atom is -0.336 e. The van der Waals surface area contributed by atoms with Crippen LogP contribution in [0.4, 0.5) is 0 Å². The van der Waals surface area contributed by atoms with Crippen molar-refractivity contribution in [3.63, 3.8) is 0 Å². The topological polar surface area (TPSA) is 57.7 Å². The van der Waals surface area contributed by atoms with Crippen LogP contribution in [0.1, 0.15) is 21.5 Å². The number of carbonyl (C=O) groups is 1. The molecule has 1 aliphatic heterocycles. The number of rotatable bonds is 3. The molecular formula is C19H20Cl2N2O3S. The lowest BCUT2D eigenvalue weighted by molar-refractivity contribution is 0.0697. The fraction of sp³-hybridized carbons (Fsp3) is 0.316. The zero-order valence-corrected chi connectivity index (χ0v) is 17.4. The first-order chi connectivity index (χ1) is 12.7. The van der Waals surface area contributed by atoms with Gasteiger partial charge in [-0.2, -0.15) is 4.31 Å². The zero-order chi connectivity index (χ0) is 19.8. The summed E-state index contributed by atoms with van der Waals surface area (Å²) in [5.74, 6) is -0.0784. The molecule has 0 aromatic heterocycles. The number of aryl methyl sites for hydroxylation is 2. The van der Waals surface area contributed by atoms with E-state index in [4.69, 9.17) is 23.2 Å². The third-order valence-corrected chi connectivity index (χ3v) is 7.54. The van der Waals surface area contributed by atoms with Crippen LogP contribution in [0, 0.1) is 13.8 Å². The molecule has 2 aromatic carbocycles. The minimum atomic E-state index is -3.76. The van der Waals surface area contributed by atoms with Crippen molar-refractivity contribution in [2.45, 2.75) is 18.7 Å². The highest BCUT2D eigenvalue weighted by atomic mass is 35.5. The largest absolute Gasteiger partial charge is 0.336 e. The van der Waals surface area contributed by atoms with E-state index < -0.39 is 10.0 Å². The Labute approximate surface area is 169 Å². The van der Waals surface area contributed by atoms with E-state index in [1.54, 1.807) is 17.0 Å². The van der Waals surface area contributed by atoms with Crippen LogP contribution in [0.3, 0.4) is 0 Å². The van der Waals surface area contributed by atoms with Gasteiger partial charge in [-0.25, -0.2) is 8.42 Å². The monoisotopic (exact) mass is 426 g/mol. The molecule has 144 valence electrons. The standard InChI is InChI=1S/C19H20Cl2N2O3S/c1-13-6-7-15(14(2)12-13)19(24)22-8-10-23(11-9-22)27(25,26)17-5-3-4-16(20)18(17)21/h3-7,12H,8-11H2,1-2H3. The van der Waals surface area contributed by atoms with Crippen molar-refractivity contribution in [3.8, 4) is 0 Å². The SMILES string of the molecule is Cc1ccc(C(=O)N2CCN(S(=O)(=O)c3cccc(Cl)c3Cl)CC2)c(C)c1. The van der Waals surface area contributed by atoms with Gasteiger partial charge in [0.15, 0.2) is 0 Å². The molecule has 1 aliphatic rings. The molecule has 0 bridgehead atoms. The van der Waals surface area contributed by atoms with E-state index >= 15 is 0 Å². The second-order valence-electron chi connectivity index (χ2n) is 6.57. The Kier molecular flexibility index (Phi) is 5.82. The van der Waals surface area contributed by atoms with Gasteiger partial charge in [0.2, 0.25) is 10.0 Å². The van der Waals surface area contributed by atoms with Gasteiger partial charge >= 0.3 is 0 Å². The molecule has 0 radical (unpaired) electrons. The fourth-order valence-corrected chi connectivity index (χ4v) is 5.34. The second-order valence-corrected chi connectivity index (χ2v) is 9.26. The van der Waals surface area contributed by atoms with Crippen molar-refractivity contribution in [3.05, 3.63) is 63.1 Å². The minimum absolute atomic E-state index is 0.00850. The number of sulfonamides is 1. The van der Waals surface area contributed by atoms with Crippen LogP contribution in [0.5, 0.6) is 0 Å². The first-order valence-electron chi connectivity index (χ1n) is 8.52. The number of hydrogen-bond acceptors (Lipinski definition) is 3. The molecule has 0 unspecified atom stereocenters. The van der Waals surface area contributed by atoms with Gasteiger partial charge in [0.25, 0.3) is 5.91 Å². The van der Waals surface area contributed by atoms with E-state index in [1.807, 2.05) is 32.0 Å². The number of benzene rings is 2. The summed E-state index contributed by atoms with van der Waals surface area (Å²) in [6, 6.07) is 10.2. The van der Waals surface area contributed by atoms with E-state index in [0.29, 0.717) is 18.7 Å². The first-order valence-corrected chi connectivity index (χ1v) is 10.7. The lowest BCUT2D eigenvalue weighted by Crippen LogP contribution is -2.50. The van der Waals surface area contributed by atoms with Gasteiger partial charge in [-0.1, -0.05) is 47.0 Å². The zero-order valence-electron chi connectivity index (χ0n) is 15.1. The first kappa shape index (κ1) is 20.1. The van der Waals surface area contributed by atoms with Crippen LogP contribution < -0.4 is 0 Å². The molecule has 8 heteroatoms.